The maximum atomic E-state index is 6.52. The fourth-order valence-electron chi connectivity index (χ4n) is 3.76. The van der Waals surface area contributed by atoms with Gasteiger partial charge >= 0.3 is 0 Å². The van der Waals surface area contributed by atoms with Crippen LogP contribution in [0.3, 0.4) is 0 Å². The van der Waals surface area contributed by atoms with E-state index in [1.165, 1.54) is 16.7 Å². The minimum Gasteiger partial charge on any atom is -0.147 e. The SMILES string of the molecule is Cl.Clc1ccc(CPC(c2ccccc2)(c2ccccc2)c2ccccc2)c(Cl)c1. The predicted molar refractivity (Wildman–Crippen MR) is 135 cm³/mol. The Morgan fingerprint density at radius 3 is 1.43 bits per heavy atom. The third-order valence-electron chi connectivity index (χ3n) is 5.18. The lowest BCUT2D eigenvalue weighted by Crippen LogP contribution is -2.24. The highest BCUT2D eigenvalue weighted by Crippen LogP contribution is 2.54. The molecule has 0 heterocycles. The molecule has 0 aliphatic carbocycles. The molecule has 0 nitrogen and oxygen atoms in total. The van der Waals surface area contributed by atoms with Crippen LogP contribution in [-0.2, 0) is 11.3 Å². The van der Waals surface area contributed by atoms with Crippen LogP contribution in [0.1, 0.15) is 22.3 Å². The summed E-state index contributed by atoms with van der Waals surface area (Å²) in [5, 5.41) is 1.16. The van der Waals surface area contributed by atoms with Gasteiger partial charge in [0.1, 0.15) is 0 Å². The molecule has 0 bridgehead atoms. The molecular formula is C26H22Cl3P. The molecule has 4 heteroatoms. The smallest absolute Gasteiger partial charge is 0.0623 e. The summed E-state index contributed by atoms with van der Waals surface area (Å²) in [6.07, 6.45) is 0.870. The lowest BCUT2D eigenvalue weighted by Gasteiger charge is -2.36. The third-order valence-corrected chi connectivity index (χ3v) is 7.72. The second-order valence-corrected chi connectivity index (χ2v) is 9.24. The van der Waals surface area contributed by atoms with E-state index in [1.807, 2.05) is 18.2 Å². The summed E-state index contributed by atoms with van der Waals surface area (Å²) >= 11 is 12.6. The van der Waals surface area contributed by atoms with Crippen molar-refractivity contribution in [2.45, 2.75) is 11.3 Å². The first-order valence-corrected chi connectivity index (χ1v) is 11.5. The second-order valence-electron chi connectivity index (χ2n) is 6.94. The topological polar surface area (TPSA) is 0 Å². The largest absolute Gasteiger partial charge is 0.147 e. The standard InChI is InChI=1S/C26H21Cl2P.ClH/c27-24-17-16-20(25(28)18-24)19-29-26(21-10-4-1-5-11-21,22-12-6-2-7-13-22)23-14-8-3-9-15-23;/h1-18,29H,19H2;1H. The molecular weight excluding hydrogens is 450 g/mol. The fraction of sp³-hybridized carbons (Fsp3) is 0.0769. The van der Waals surface area contributed by atoms with Crippen LogP contribution in [-0.4, -0.2) is 0 Å². The summed E-state index contributed by atoms with van der Waals surface area (Å²) in [7, 11) is 0.569. The highest BCUT2D eigenvalue weighted by Gasteiger charge is 2.36. The van der Waals surface area contributed by atoms with Crippen LogP contribution in [0.15, 0.2) is 109 Å². The predicted octanol–water partition coefficient (Wildman–Crippen LogP) is 8.59. The van der Waals surface area contributed by atoms with Crippen LogP contribution in [0.25, 0.3) is 0 Å². The van der Waals surface area contributed by atoms with Crippen LogP contribution in [0.4, 0.5) is 0 Å². The quantitative estimate of drug-likeness (QED) is 0.195. The molecule has 1 unspecified atom stereocenters. The van der Waals surface area contributed by atoms with Crippen molar-refractivity contribution >= 4 is 44.2 Å². The van der Waals surface area contributed by atoms with Gasteiger partial charge in [-0.1, -0.05) is 129 Å². The van der Waals surface area contributed by atoms with Crippen molar-refractivity contribution in [3.63, 3.8) is 0 Å². The van der Waals surface area contributed by atoms with E-state index in [0.29, 0.717) is 13.6 Å². The Morgan fingerprint density at radius 1 is 0.600 bits per heavy atom. The van der Waals surface area contributed by atoms with Gasteiger partial charge in [0.25, 0.3) is 0 Å². The average molecular weight is 472 g/mol. The Morgan fingerprint density at radius 2 is 1.03 bits per heavy atom. The van der Waals surface area contributed by atoms with Crippen molar-refractivity contribution in [1.82, 2.24) is 0 Å². The molecule has 4 aromatic carbocycles. The molecule has 0 saturated carbocycles. The molecule has 0 fully saturated rings. The van der Waals surface area contributed by atoms with E-state index in [2.05, 4.69) is 91.0 Å². The maximum Gasteiger partial charge on any atom is 0.0623 e. The highest BCUT2D eigenvalue weighted by molar-refractivity contribution is 7.39. The first-order chi connectivity index (χ1) is 14.2. The number of halogens is 3. The highest BCUT2D eigenvalue weighted by atomic mass is 35.5. The molecule has 152 valence electrons. The molecule has 4 aromatic rings. The van der Waals surface area contributed by atoms with E-state index < -0.39 is 0 Å². The number of benzene rings is 4. The average Bonchev–Trinajstić information content (AvgIpc) is 2.78. The molecule has 0 radical (unpaired) electrons. The molecule has 4 rings (SSSR count). The van der Waals surface area contributed by atoms with Gasteiger partial charge in [-0.25, -0.2) is 0 Å². The fourth-order valence-corrected chi connectivity index (χ4v) is 6.23. The molecule has 0 aromatic heterocycles. The summed E-state index contributed by atoms with van der Waals surface area (Å²) in [4.78, 5) is 0. The van der Waals surface area contributed by atoms with E-state index in [0.717, 1.165) is 16.7 Å². The second kappa shape index (κ2) is 10.5. The first-order valence-electron chi connectivity index (χ1n) is 9.56. The Balaban J connectivity index is 0.00000256. The van der Waals surface area contributed by atoms with E-state index >= 15 is 0 Å². The van der Waals surface area contributed by atoms with Gasteiger partial charge in [-0.2, -0.15) is 0 Å². The number of rotatable bonds is 6. The van der Waals surface area contributed by atoms with Crippen molar-refractivity contribution < 1.29 is 0 Å². The Labute approximate surface area is 196 Å². The van der Waals surface area contributed by atoms with Crippen molar-refractivity contribution in [3.05, 3.63) is 141 Å². The lowest BCUT2D eigenvalue weighted by atomic mass is 9.84. The van der Waals surface area contributed by atoms with Crippen LogP contribution in [0.2, 0.25) is 10.0 Å². The normalized spacial score (nSPS) is 11.4. The van der Waals surface area contributed by atoms with Gasteiger partial charge in [0.15, 0.2) is 0 Å². The van der Waals surface area contributed by atoms with Gasteiger partial charge in [-0.3, -0.25) is 0 Å². The summed E-state index contributed by atoms with van der Waals surface area (Å²) in [6, 6.07) is 38.1. The zero-order valence-corrected chi connectivity index (χ0v) is 19.6. The number of hydrogen-bond acceptors (Lipinski definition) is 0. The molecule has 0 spiro atoms. The zero-order valence-electron chi connectivity index (χ0n) is 16.3. The molecule has 0 amide bonds. The molecule has 0 aliphatic rings. The monoisotopic (exact) mass is 470 g/mol. The summed E-state index contributed by atoms with van der Waals surface area (Å²) in [6.45, 7) is 0. The molecule has 0 aliphatic heterocycles. The molecule has 0 saturated heterocycles. The number of hydrogen-bond donors (Lipinski definition) is 0. The maximum absolute atomic E-state index is 6.52. The molecule has 30 heavy (non-hydrogen) atoms. The van der Waals surface area contributed by atoms with Crippen LogP contribution in [0.5, 0.6) is 0 Å². The van der Waals surface area contributed by atoms with Crippen molar-refractivity contribution in [2.24, 2.45) is 0 Å². The van der Waals surface area contributed by atoms with E-state index in [9.17, 15) is 0 Å². The van der Waals surface area contributed by atoms with Crippen molar-refractivity contribution in [1.29, 1.82) is 0 Å². The van der Waals surface area contributed by atoms with E-state index in [4.69, 9.17) is 23.2 Å². The van der Waals surface area contributed by atoms with Crippen LogP contribution < -0.4 is 0 Å². The third kappa shape index (κ3) is 4.74. The minimum atomic E-state index is -0.243. The van der Waals surface area contributed by atoms with Gasteiger partial charge in [0.2, 0.25) is 0 Å². The van der Waals surface area contributed by atoms with E-state index in [-0.39, 0.29) is 17.6 Å². The Kier molecular flexibility index (Phi) is 7.98. The first kappa shape index (κ1) is 22.9. The van der Waals surface area contributed by atoms with Crippen molar-refractivity contribution in [3.8, 4) is 0 Å². The minimum absolute atomic E-state index is 0. The molecule has 1 atom stereocenters. The van der Waals surface area contributed by atoms with Gasteiger partial charge < -0.3 is 0 Å². The van der Waals surface area contributed by atoms with Gasteiger partial charge in [-0.15, -0.1) is 12.4 Å². The van der Waals surface area contributed by atoms with Crippen molar-refractivity contribution in [2.75, 3.05) is 0 Å². The molecule has 0 N–H and O–H groups in total. The van der Waals surface area contributed by atoms with Crippen LogP contribution >= 0.6 is 44.2 Å². The Bertz CT molecular complexity index is 971. The van der Waals surface area contributed by atoms with Crippen LogP contribution in [0, 0.1) is 0 Å². The summed E-state index contributed by atoms with van der Waals surface area (Å²) in [5.74, 6) is 0. The van der Waals surface area contributed by atoms with Gasteiger partial charge in [-0.05, 0) is 40.5 Å². The zero-order chi connectivity index (χ0) is 20.1. The van der Waals surface area contributed by atoms with Gasteiger partial charge in [0, 0.05) is 10.0 Å². The Hall–Kier alpha value is -1.82. The van der Waals surface area contributed by atoms with E-state index in [1.54, 1.807) is 0 Å². The lowest BCUT2D eigenvalue weighted by molar-refractivity contribution is 0.883. The van der Waals surface area contributed by atoms with Gasteiger partial charge in [0.05, 0.1) is 5.16 Å². The summed E-state index contributed by atoms with van der Waals surface area (Å²) in [5.41, 5.74) is 5.00. The summed E-state index contributed by atoms with van der Waals surface area (Å²) < 4.78 is 0.